The minimum absolute atomic E-state index is 0.140. The van der Waals surface area contributed by atoms with E-state index in [1.807, 2.05) is 36.6 Å². The van der Waals surface area contributed by atoms with Crippen LogP contribution in [0.5, 0.6) is 0 Å². The molecule has 25 heavy (non-hydrogen) atoms. The first kappa shape index (κ1) is 17.1. The Kier molecular flexibility index (Phi) is 4.83. The summed E-state index contributed by atoms with van der Waals surface area (Å²) in [5, 5.41) is 3.98. The number of hydrogen-bond acceptors (Lipinski definition) is 5. The summed E-state index contributed by atoms with van der Waals surface area (Å²) in [6.45, 7) is 8.97. The Bertz CT molecular complexity index is 881. The number of aromatic nitrogens is 4. The molecule has 0 aliphatic carbocycles. The average Bonchev–Trinajstić information content (AvgIpc) is 3.17. The van der Waals surface area contributed by atoms with E-state index >= 15 is 0 Å². The van der Waals surface area contributed by atoms with Crippen molar-refractivity contribution >= 4 is 11.6 Å². The normalized spacial score (nSPS) is 11.4. The number of carbonyl (C=O) groups excluding carboxylic acids is 1. The van der Waals surface area contributed by atoms with Crippen molar-refractivity contribution in [3.05, 3.63) is 47.5 Å². The minimum atomic E-state index is -0.140. The monoisotopic (exact) mass is 341 g/mol. The lowest BCUT2D eigenvalue weighted by atomic mass is 10.1. The van der Waals surface area contributed by atoms with Crippen LogP contribution in [0.25, 0.3) is 5.65 Å². The third-order valence-electron chi connectivity index (χ3n) is 3.91. The van der Waals surface area contributed by atoms with Gasteiger partial charge < -0.3 is 13.8 Å². The van der Waals surface area contributed by atoms with Gasteiger partial charge in [0.05, 0.1) is 6.54 Å². The van der Waals surface area contributed by atoms with Gasteiger partial charge in [-0.2, -0.15) is 4.98 Å². The molecule has 132 valence electrons. The number of fused-ring (bicyclic) bond motifs is 1. The molecular formula is C18H23N5O2. The summed E-state index contributed by atoms with van der Waals surface area (Å²) in [5.74, 6) is 1.43. The molecule has 0 spiro atoms. The van der Waals surface area contributed by atoms with Crippen molar-refractivity contribution in [1.29, 1.82) is 0 Å². The Balaban J connectivity index is 1.77. The van der Waals surface area contributed by atoms with Crippen molar-refractivity contribution in [3.63, 3.8) is 0 Å². The summed E-state index contributed by atoms with van der Waals surface area (Å²) in [7, 11) is 0. The molecule has 0 aromatic carbocycles. The number of imidazole rings is 1. The van der Waals surface area contributed by atoms with Gasteiger partial charge in [-0.05, 0) is 31.4 Å². The number of aryl methyl sites for hydroxylation is 1. The Morgan fingerprint density at radius 1 is 1.28 bits per heavy atom. The van der Waals surface area contributed by atoms with Gasteiger partial charge >= 0.3 is 0 Å². The summed E-state index contributed by atoms with van der Waals surface area (Å²) in [6.07, 6.45) is 4.44. The van der Waals surface area contributed by atoms with Crippen LogP contribution in [0.4, 0.5) is 0 Å². The quantitative estimate of drug-likeness (QED) is 0.689. The first-order valence-corrected chi connectivity index (χ1v) is 8.52. The molecule has 0 radical (unpaired) electrons. The van der Waals surface area contributed by atoms with Crippen molar-refractivity contribution in [2.45, 2.75) is 40.7 Å². The summed E-state index contributed by atoms with van der Waals surface area (Å²) in [5.41, 5.74) is 2.28. The molecule has 1 amide bonds. The maximum absolute atomic E-state index is 12.8. The molecule has 7 heteroatoms. The van der Waals surface area contributed by atoms with Crippen molar-refractivity contribution in [3.8, 4) is 0 Å². The van der Waals surface area contributed by atoms with E-state index in [1.165, 1.54) is 0 Å². The highest BCUT2D eigenvalue weighted by Crippen LogP contribution is 2.12. The molecule has 0 saturated carbocycles. The second-order valence-electron chi connectivity index (χ2n) is 6.62. The van der Waals surface area contributed by atoms with Crippen LogP contribution < -0.4 is 0 Å². The highest BCUT2D eigenvalue weighted by molar-refractivity contribution is 5.92. The lowest BCUT2D eigenvalue weighted by Crippen LogP contribution is -2.31. The lowest BCUT2D eigenvalue weighted by Gasteiger charge is -2.17. The van der Waals surface area contributed by atoms with E-state index in [0.29, 0.717) is 36.4 Å². The van der Waals surface area contributed by atoms with Crippen molar-refractivity contribution in [1.82, 2.24) is 24.4 Å². The second-order valence-corrected chi connectivity index (χ2v) is 6.62. The van der Waals surface area contributed by atoms with Crippen molar-refractivity contribution in [2.24, 2.45) is 5.92 Å². The van der Waals surface area contributed by atoms with Crippen LogP contribution in [-0.2, 0) is 13.0 Å². The molecule has 3 rings (SSSR count). The molecule has 0 aliphatic rings. The van der Waals surface area contributed by atoms with Gasteiger partial charge in [0.25, 0.3) is 5.91 Å². The van der Waals surface area contributed by atoms with Crippen LogP contribution in [0.15, 0.2) is 29.0 Å². The van der Waals surface area contributed by atoms with Gasteiger partial charge in [0.15, 0.2) is 5.82 Å². The van der Waals surface area contributed by atoms with Gasteiger partial charge in [0, 0.05) is 25.4 Å². The predicted molar refractivity (Wildman–Crippen MR) is 93.2 cm³/mol. The van der Waals surface area contributed by atoms with Crippen LogP contribution in [0.3, 0.4) is 0 Å². The molecular weight excluding hydrogens is 318 g/mol. The van der Waals surface area contributed by atoms with E-state index < -0.39 is 0 Å². The van der Waals surface area contributed by atoms with Crippen LogP contribution in [0.1, 0.15) is 48.5 Å². The zero-order valence-electron chi connectivity index (χ0n) is 15.1. The van der Waals surface area contributed by atoms with Gasteiger partial charge in [-0.1, -0.05) is 25.1 Å². The Morgan fingerprint density at radius 3 is 2.80 bits per heavy atom. The van der Waals surface area contributed by atoms with Gasteiger partial charge in [-0.25, -0.2) is 4.98 Å². The van der Waals surface area contributed by atoms with E-state index in [0.717, 1.165) is 17.6 Å². The smallest absolute Gasteiger partial charge is 0.274 e. The van der Waals surface area contributed by atoms with E-state index in [9.17, 15) is 4.79 Å². The molecule has 0 saturated heterocycles. The fraction of sp³-hybridized carbons (Fsp3) is 0.444. The zero-order chi connectivity index (χ0) is 18.0. The summed E-state index contributed by atoms with van der Waals surface area (Å²) >= 11 is 0. The molecule has 3 heterocycles. The van der Waals surface area contributed by atoms with E-state index in [4.69, 9.17) is 4.52 Å². The van der Waals surface area contributed by atoms with Gasteiger partial charge in [0.1, 0.15) is 11.3 Å². The number of rotatable bonds is 6. The SMILES string of the molecule is CCN(Cc1noc(CC(C)C)n1)C(=O)c1cn2cc(C)ccc2n1. The molecule has 0 fully saturated rings. The number of amides is 1. The zero-order valence-corrected chi connectivity index (χ0v) is 15.1. The number of pyridine rings is 1. The number of nitrogens with zero attached hydrogens (tertiary/aromatic N) is 5. The summed E-state index contributed by atoms with van der Waals surface area (Å²) < 4.78 is 7.12. The molecule has 0 N–H and O–H groups in total. The Labute approximate surface area is 146 Å². The van der Waals surface area contributed by atoms with Crippen LogP contribution in [0, 0.1) is 12.8 Å². The average molecular weight is 341 g/mol. The summed E-state index contributed by atoms with van der Waals surface area (Å²) in [4.78, 5) is 23.2. The third kappa shape index (κ3) is 3.87. The van der Waals surface area contributed by atoms with Crippen LogP contribution in [0.2, 0.25) is 0 Å². The maximum atomic E-state index is 12.8. The maximum Gasteiger partial charge on any atom is 0.274 e. The molecule has 0 atom stereocenters. The third-order valence-corrected chi connectivity index (χ3v) is 3.91. The first-order valence-electron chi connectivity index (χ1n) is 8.52. The largest absolute Gasteiger partial charge is 0.339 e. The highest BCUT2D eigenvalue weighted by Gasteiger charge is 2.20. The predicted octanol–water partition coefficient (Wildman–Crippen LogP) is 2.89. The summed E-state index contributed by atoms with van der Waals surface area (Å²) in [6, 6.07) is 3.88. The molecule has 0 unspecified atom stereocenters. The molecule has 3 aromatic rings. The van der Waals surface area contributed by atoms with Crippen molar-refractivity contribution < 1.29 is 9.32 Å². The highest BCUT2D eigenvalue weighted by atomic mass is 16.5. The van der Waals surface area contributed by atoms with E-state index in [-0.39, 0.29) is 5.91 Å². The van der Waals surface area contributed by atoms with Gasteiger partial charge in [-0.15, -0.1) is 0 Å². The standard InChI is InChI=1S/C18H23N5O2/c1-5-22(11-15-20-17(25-21-15)8-12(2)3)18(24)14-10-23-9-13(4)6-7-16(23)19-14/h6-7,9-10,12H,5,8,11H2,1-4H3. The Hall–Kier alpha value is -2.70. The fourth-order valence-corrected chi connectivity index (χ4v) is 2.65. The molecule has 3 aromatic heterocycles. The lowest BCUT2D eigenvalue weighted by molar-refractivity contribution is 0.0742. The number of carbonyl (C=O) groups is 1. The first-order chi connectivity index (χ1) is 12.0. The van der Waals surface area contributed by atoms with Gasteiger partial charge in [-0.3, -0.25) is 4.79 Å². The van der Waals surface area contributed by atoms with E-state index in [2.05, 4.69) is 29.0 Å². The molecule has 0 bridgehead atoms. The van der Waals surface area contributed by atoms with Gasteiger partial charge in [0.2, 0.25) is 5.89 Å². The number of hydrogen-bond donors (Lipinski definition) is 0. The Morgan fingerprint density at radius 2 is 2.08 bits per heavy atom. The fourth-order valence-electron chi connectivity index (χ4n) is 2.65. The van der Waals surface area contributed by atoms with Crippen LogP contribution in [-0.4, -0.2) is 36.9 Å². The van der Waals surface area contributed by atoms with Crippen LogP contribution >= 0.6 is 0 Å². The van der Waals surface area contributed by atoms with Crippen molar-refractivity contribution in [2.75, 3.05) is 6.54 Å². The molecule has 0 aliphatic heterocycles. The second kappa shape index (κ2) is 7.04. The topological polar surface area (TPSA) is 76.5 Å². The minimum Gasteiger partial charge on any atom is -0.339 e. The van der Waals surface area contributed by atoms with E-state index in [1.54, 1.807) is 11.1 Å². The molecule has 7 nitrogen and oxygen atoms in total.